The molecule has 2 heterocycles. The minimum Gasteiger partial charge on any atom is -0.494 e. The van der Waals surface area contributed by atoms with Gasteiger partial charge in [-0.25, -0.2) is 0 Å². The minimum absolute atomic E-state index is 0.244. The molecule has 7 heteroatoms. The van der Waals surface area contributed by atoms with Gasteiger partial charge in [-0.1, -0.05) is 25.5 Å². The molecular weight excluding hydrogens is 328 g/mol. The van der Waals surface area contributed by atoms with Crippen LogP contribution >= 0.6 is 0 Å². The molecule has 2 N–H and O–H groups in total. The van der Waals surface area contributed by atoms with E-state index in [1.54, 1.807) is 0 Å². The molecule has 0 amide bonds. The molecule has 7 nitrogen and oxygen atoms in total. The molecule has 1 aromatic carbocycles. The summed E-state index contributed by atoms with van der Waals surface area (Å²) in [4.78, 5) is 0. The highest BCUT2D eigenvalue weighted by atomic mass is 16.7. The van der Waals surface area contributed by atoms with Crippen LogP contribution in [-0.2, 0) is 18.9 Å². The number of benzene rings is 1. The molecule has 2 saturated heterocycles. The molecule has 2 fully saturated rings. The summed E-state index contributed by atoms with van der Waals surface area (Å²) < 4.78 is 27.8. The van der Waals surface area contributed by atoms with Gasteiger partial charge < -0.3 is 33.9 Å². The van der Waals surface area contributed by atoms with E-state index in [2.05, 4.69) is 6.92 Å². The summed E-state index contributed by atoms with van der Waals surface area (Å²) in [5, 5.41) is 20.3. The van der Waals surface area contributed by atoms with Crippen LogP contribution in [-0.4, -0.2) is 61.2 Å². The third-order valence-corrected chi connectivity index (χ3v) is 4.48. The standard InChI is InChI=1S/C18H26O7/c1-3-4-9-22-12-7-5-11(6-8-12)17-23-10-13-16(25-17)14(19)15(20)18(21-2)24-13/h5-8,13-20H,3-4,9-10H2,1-2H3/t13-,14-,15+,16-,17?,18+/m1/s1. The van der Waals surface area contributed by atoms with Gasteiger partial charge >= 0.3 is 0 Å². The predicted molar refractivity (Wildman–Crippen MR) is 88.1 cm³/mol. The third kappa shape index (κ3) is 4.13. The van der Waals surface area contributed by atoms with Crippen molar-refractivity contribution in [2.45, 2.75) is 56.8 Å². The van der Waals surface area contributed by atoms with E-state index in [0.717, 1.165) is 24.2 Å². The Labute approximate surface area is 147 Å². The highest BCUT2D eigenvalue weighted by Crippen LogP contribution is 2.34. The first-order valence-electron chi connectivity index (χ1n) is 8.68. The molecule has 0 spiro atoms. The van der Waals surface area contributed by atoms with Crippen LogP contribution < -0.4 is 4.74 Å². The van der Waals surface area contributed by atoms with E-state index >= 15 is 0 Å². The predicted octanol–water partition coefficient (Wildman–Crippen LogP) is 1.37. The lowest BCUT2D eigenvalue weighted by Crippen LogP contribution is -2.62. The van der Waals surface area contributed by atoms with Gasteiger partial charge in [-0.2, -0.15) is 0 Å². The quantitative estimate of drug-likeness (QED) is 0.746. The van der Waals surface area contributed by atoms with Crippen LogP contribution in [0.3, 0.4) is 0 Å². The van der Waals surface area contributed by atoms with Crippen LogP contribution in [0, 0.1) is 0 Å². The molecular formula is C18H26O7. The van der Waals surface area contributed by atoms with Crippen molar-refractivity contribution in [3.63, 3.8) is 0 Å². The number of ether oxygens (including phenoxy) is 5. The Hall–Kier alpha value is -1.22. The Morgan fingerprint density at radius 3 is 2.56 bits per heavy atom. The summed E-state index contributed by atoms with van der Waals surface area (Å²) in [5.74, 6) is 0.797. The SMILES string of the molecule is CCCCOc1ccc(C2OC[C@H]3O[C@H](OC)[C@@H](O)[C@@H](O)[C@@H]3O2)cc1. The average molecular weight is 354 g/mol. The fraction of sp³-hybridized carbons (Fsp3) is 0.667. The van der Waals surface area contributed by atoms with Crippen molar-refractivity contribution in [1.29, 1.82) is 0 Å². The Kier molecular flexibility index (Phi) is 6.27. The van der Waals surface area contributed by atoms with Gasteiger partial charge in [0.2, 0.25) is 0 Å². The van der Waals surface area contributed by atoms with Crippen LogP contribution in [0.1, 0.15) is 31.6 Å². The normalized spacial score (nSPS) is 35.2. The first kappa shape index (κ1) is 18.6. The maximum absolute atomic E-state index is 10.3. The van der Waals surface area contributed by atoms with Gasteiger partial charge in [0.05, 0.1) is 13.2 Å². The van der Waals surface area contributed by atoms with E-state index < -0.39 is 37.0 Å². The van der Waals surface area contributed by atoms with Gasteiger partial charge in [0.15, 0.2) is 12.6 Å². The monoisotopic (exact) mass is 354 g/mol. The lowest BCUT2D eigenvalue weighted by atomic mass is 9.98. The fourth-order valence-electron chi connectivity index (χ4n) is 3.00. The first-order valence-corrected chi connectivity index (χ1v) is 8.68. The van der Waals surface area contributed by atoms with E-state index in [4.69, 9.17) is 23.7 Å². The van der Waals surface area contributed by atoms with Gasteiger partial charge in [0.1, 0.15) is 30.2 Å². The first-order chi connectivity index (χ1) is 12.1. The molecule has 1 unspecified atom stereocenters. The van der Waals surface area contributed by atoms with Gasteiger partial charge in [-0.05, 0) is 18.6 Å². The van der Waals surface area contributed by atoms with Crippen molar-refractivity contribution in [2.24, 2.45) is 0 Å². The topological polar surface area (TPSA) is 86.6 Å². The molecule has 3 rings (SSSR count). The Morgan fingerprint density at radius 2 is 1.88 bits per heavy atom. The van der Waals surface area contributed by atoms with E-state index in [1.165, 1.54) is 7.11 Å². The lowest BCUT2D eigenvalue weighted by molar-refractivity contribution is -0.358. The number of rotatable bonds is 6. The molecule has 2 aliphatic rings. The maximum Gasteiger partial charge on any atom is 0.186 e. The molecule has 6 atom stereocenters. The van der Waals surface area contributed by atoms with Crippen LogP contribution in [0.2, 0.25) is 0 Å². The lowest BCUT2D eigenvalue weighted by Gasteiger charge is -2.45. The molecule has 0 bridgehead atoms. The number of hydrogen-bond donors (Lipinski definition) is 2. The molecule has 1 aromatic rings. The Balaban J connectivity index is 1.62. The van der Waals surface area contributed by atoms with Gasteiger partial charge in [0, 0.05) is 12.7 Å². The zero-order valence-corrected chi connectivity index (χ0v) is 14.5. The summed E-state index contributed by atoms with van der Waals surface area (Å²) in [6, 6.07) is 7.48. The van der Waals surface area contributed by atoms with Crippen molar-refractivity contribution in [3.8, 4) is 5.75 Å². The van der Waals surface area contributed by atoms with E-state index in [9.17, 15) is 10.2 Å². The summed E-state index contributed by atoms with van der Waals surface area (Å²) in [5.41, 5.74) is 0.817. The number of aliphatic hydroxyl groups excluding tert-OH is 2. The average Bonchev–Trinajstić information content (AvgIpc) is 2.65. The van der Waals surface area contributed by atoms with Gasteiger partial charge in [-0.15, -0.1) is 0 Å². The third-order valence-electron chi connectivity index (χ3n) is 4.48. The molecule has 25 heavy (non-hydrogen) atoms. The zero-order chi connectivity index (χ0) is 17.8. The summed E-state index contributed by atoms with van der Waals surface area (Å²) in [6.07, 6.45) is -2.86. The highest BCUT2D eigenvalue weighted by Gasteiger charge is 2.48. The van der Waals surface area contributed by atoms with Crippen LogP contribution in [0.5, 0.6) is 5.75 Å². The van der Waals surface area contributed by atoms with Crippen molar-refractivity contribution < 1.29 is 33.9 Å². The van der Waals surface area contributed by atoms with Crippen molar-refractivity contribution in [1.82, 2.24) is 0 Å². The van der Waals surface area contributed by atoms with E-state index in [-0.39, 0.29) is 6.61 Å². The van der Waals surface area contributed by atoms with Crippen molar-refractivity contribution in [3.05, 3.63) is 29.8 Å². The van der Waals surface area contributed by atoms with Crippen LogP contribution in [0.25, 0.3) is 0 Å². The molecule has 2 aliphatic heterocycles. The van der Waals surface area contributed by atoms with Crippen LogP contribution in [0.15, 0.2) is 24.3 Å². The summed E-state index contributed by atoms with van der Waals surface area (Å²) in [6.45, 7) is 3.05. The van der Waals surface area contributed by atoms with E-state index in [1.807, 2.05) is 24.3 Å². The number of methoxy groups -OCH3 is 1. The minimum atomic E-state index is -1.17. The van der Waals surface area contributed by atoms with Crippen LogP contribution in [0.4, 0.5) is 0 Å². The molecule has 0 radical (unpaired) electrons. The van der Waals surface area contributed by atoms with Crippen molar-refractivity contribution >= 4 is 0 Å². The number of aliphatic hydroxyl groups is 2. The number of hydrogen-bond acceptors (Lipinski definition) is 7. The smallest absolute Gasteiger partial charge is 0.186 e. The molecule has 0 saturated carbocycles. The molecule has 140 valence electrons. The fourth-order valence-corrected chi connectivity index (χ4v) is 3.00. The van der Waals surface area contributed by atoms with E-state index in [0.29, 0.717) is 6.61 Å². The second-order valence-corrected chi connectivity index (χ2v) is 6.30. The Morgan fingerprint density at radius 1 is 1.12 bits per heavy atom. The highest BCUT2D eigenvalue weighted by molar-refractivity contribution is 5.28. The summed E-state index contributed by atoms with van der Waals surface area (Å²) in [7, 11) is 1.42. The zero-order valence-electron chi connectivity index (χ0n) is 14.5. The van der Waals surface area contributed by atoms with Gasteiger partial charge in [0.25, 0.3) is 0 Å². The largest absolute Gasteiger partial charge is 0.494 e. The molecule has 0 aromatic heterocycles. The molecule has 0 aliphatic carbocycles. The second kappa shape index (κ2) is 8.44. The second-order valence-electron chi connectivity index (χ2n) is 6.30. The van der Waals surface area contributed by atoms with Crippen molar-refractivity contribution in [2.75, 3.05) is 20.3 Å². The maximum atomic E-state index is 10.3. The summed E-state index contributed by atoms with van der Waals surface area (Å²) >= 11 is 0. The van der Waals surface area contributed by atoms with Gasteiger partial charge in [-0.3, -0.25) is 0 Å². The number of unbranched alkanes of at least 4 members (excludes halogenated alkanes) is 1. The number of fused-ring (bicyclic) bond motifs is 1. The Bertz CT molecular complexity index is 533.